The zero-order valence-corrected chi connectivity index (χ0v) is 15.7. The molecule has 1 aliphatic heterocycles. The van der Waals surface area contributed by atoms with Crippen molar-refractivity contribution in [3.63, 3.8) is 0 Å². The summed E-state index contributed by atoms with van der Waals surface area (Å²) >= 11 is 0. The first-order valence-corrected chi connectivity index (χ1v) is 8.86. The van der Waals surface area contributed by atoms with Gasteiger partial charge in [-0.15, -0.1) is 0 Å². The average molecular weight is 364 g/mol. The SMILES string of the molecule is CC(C)(C)OC(=O)N(CCO)[C@H]1CCN(C(=O)OCc2ccccc2)C1. The zero-order valence-electron chi connectivity index (χ0n) is 15.7. The first-order chi connectivity index (χ1) is 12.3. The molecule has 0 unspecified atom stereocenters. The molecule has 1 N–H and O–H groups in total. The molecule has 7 nitrogen and oxygen atoms in total. The minimum absolute atomic E-state index is 0.159. The Hall–Kier alpha value is -2.28. The van der Waals surface area contributed by atoms with Crippen LogP contribution in [0.4, 0.5) is 9.59 Å². The number of hydrogen-bond donors (Lipinski definition) is 1. The number of carbonyl (C=O) groups excluding carboxylic acids is 2. The van der Waals surface area contributed by atoms with Crippen LogP contribution in [-0.2, 0) is 16.1 Å². The molecule has 144 valence electrons. The summed E-state index contributed by atoms with van der Waals surface area (Å²) in [7, 11) is 0. The smallest absolute Gasteiger partial charge is 0.410 e. The van der Waals surface area contributed by atoms with Gasteiger partial charge >= 0.3 is 12.2 Å². The van der Waals surface area contributed by atoms with E-state index in [0.717, 1.165) is 5.56 Å². The van der Waals surface area contributed by atoms with E-state index >= 15 is 0 Å². The van der Waals surface area contributed by atoms with Crippen molar-refractivity contribution in [1.29, 1.82) is 0 Å². The summed E-state index contributed by atoms with van der Waals surface area (Å²) in [6.45, 7) is 6.49. The molecular weight excluding hydrogens is 336 g/mol. The van der Waals surface area contributed by atoms with Crippen LogP contribution >= 0.6 is 0 Å². The number of carbonyl (C=O) groups is 2. The van der Waals surface area contributed by atoms with Gasteiger partial charge in [-0.25, -0.2) is 9.59 Å². The molecule has 1 aromatic rings. The topological polar surface area (TPSA) is 79.3 Å². The van der Waals surface area contributed by atoms with Crippen LogP contribution in [-0.4, -0.2) is 65.0 Å². The number of ether oxygens (including phenoxy) is 2. The molecule has 7 heteroatoms. The van der Waals surface area contributed by atoms with Crippen LogP contribution in [0.25, 0.3) is 0 Å². The molecule has 26 heavy (non-hydrogen) atoms. The summed E-state index contributed by atoms with van der Waals surface area (Å²) in [5.41, 5.74) is 0.310. The second-order valence-corrected chi connectivity index (χ2v) is 7.33. The Morgan fingerprint density at radius 2 is 1.96 bits per heavy atom. The van der Waals surface area contributed by atoms with Crippen LogP contribution in [0.3, 0.4) is 0 Å². The van der Waals surface area contributed by atoms with E-state index in [0.29, 0.717) is 19.5 Å². The molecule has 1 aromatic carbocycles. The molecule has 0 bridgehead atoms. The van der Waals surface area contributed by atoms with Crippen molar-refractivity contribution in [3.8, 4) is 0 Å². The lowest BCUT2D eigenvalue weighted by Gasteiger charge is -2.31. The molecule has 0 aromatic heterocycles. The second kappa shape index (κ2) is 8.89. The Labute approximate surface area is 154 Å². The van der Waals surface area contributed by atoms with Crippen LogP contribution < -0.4 is 0 Å². The molecule has 1 aliphatic rings. The van der Waals surface area contributed by atoms with Gasteiger partial charge in [0.25, 0.3) is 0 Å². The normalized spacial score (nSPS) is 17.1. The summed E-state index contributed by atoms with van der Waals surface area (Å²) in [6, 6.07) is 9.28. The molecule has 1 heterocycles. The number of aliphatic hydroxyl groups excluding tert-OH is 1. The summed E-state index contributed by atoms with van der Waals surface area (Å²) in [4.78, 5) is 27.7. The molecular formula is C19H28N2O5. The molecule has 2 rings (SSSR count). The van der Waals surface area contributed by atoms with Crippen molar-refractivity contribution in [2.75, 3.05) is 26.2 Å². The van der Waals surface area contributed by atoms with Crippen LogP contribution in [0.1, 0.15) is 32.8 Å². The van der Waals surface area contributed by atoms with Crippen molar-refractivity contribution >= 4 is 12.2 Å². The van der Waals surface area contributed by atoms with E-state index in [4.69, 9.17) is 9.47 Å². The van der Waals surface area contributed by atoms with Crippen molar-refractivity contribution in [1.82, 2.24) is 9.80 Å². The highest BCUT2D eigenvalue weighted by molar-refractivity contribution is 5.70. The van der Waals surface area contributed by atoms with E-state index in [2.05, 4.69) is 0 Å². The molecule has 0 aliphatic carbocycles. The highest BCUT2D eigenvalue weighted by Crippen LogP contribution is 2.20. The van der Waals surface area contributed by atoms with E-state index in [-0.39, 0.29) is 25.8 Å². The minimum atomic E-state index is -0.613. The van der Waals surface area contributed by atoms with Crippen molar-refractivity contribution in [2.45, 2.75) is 45.4 Å². The van der Waals surface area contributed by atoms with E-state index in [1.54, 1.807) is 25.7 Å². The van der Waals surface area contributed by atoms with Gasteiger partial charge in [-0.2, -0.15) is 0 Å². The van der Waals surface area contributed by atoms with E-state index in [9.17, 15) is 14.7 Å². The molecule has 0 spiro atoms. The Bertz CT molecular complexity index is 600. The van der Waals surface area contributed by atoms with Gasteiger partial charge in [-0.1, -0.05) is 30.3 Å². The van der Waals surface area contributed by atoms with Crippen molar-refractivity contribution in [2.24, 2.45) is 0 Å². The standard InChI is InChI=1S/C19H28N2O5/c1-19(2,3)26-18(24)21(11-12-22)16-9-10-20(13-16)17(23)25-14-15-7-5-4-6-8-15/h4-8,16,22H,9-14H2,1-3H3/t16-/m0/s1. The number of amides is 2. The maximum atomic E-state index is 12.4. The Kier molecular flexibility index (Phi) is 6.85. The number of benzene rings is 1. The fraction of sp³-hybridized carbons (Fsp3) is 0.579. The lowest BCUT2D eigenvalue weighted by molar-refractivity contribution is 0.0128. The number of aliphatic hydroxyl groups is 1. The third-order valence-electron chi connectivity index (χ3n) is 4.04. The predicted octanol–water partition coefficient (Wildman–Crippen LogP) is 2.63. The highest BCUT2D eigenvalue weighted by atomic mass is 16.6. The molecule has 1 saturated heterocycles. The van der Waals surface area contributed by atoms with Crippen LogP contribution in [0.15, 0.2) is 30.3 Å². The third kappa shape index (κ3) is 5.91. The highest BCUT2D eigenvalue weighted by Gasteiger charge is 2.35. The third-order valence-corrected chi connectivity index (χ3v) is 4.04. The second-order valence-electron chi connectivity index (χ2n) is 7.33. The van der Waals surface area contributed by atoms with E-state index in [1.807, 2.05) is 30.3 Å². The van der Waals surface area contributed by atoms with Crippen LogP contribution in [0, 0.1) is 0 Å². The Morgan fingerprint density at radius 3 is 2.58 bits per heavy atom. The molecule has 1 atom stereocenters. The monoisotopic (exact) mass is 364 g/mol. The van der Waals surface area contributed by atoms with Crippen molar-refractivity contribution < 1.29 is 24.2 Å². The quantitative estimate of drug-likeness (QED) is 0.869. The lowest BCUT2D eigenvalue weighted by Crippen LogP contribution is -2.46. The number of rotatable bonds is 5. The number of nitrogens with zero attached hydrogens (tertiary/aromatic N) is 2. The maximum Gasteiger partial charge on any atom is 0.410 e. The molecule has 0 saturated carbocycles. The fourth-order valence-electron chi connectivity index (χ4n) is 2.82. The van der Waals surface area contributed by atoms with Gasteiger partial charge in [-0.3, -0.25) is 0 Å². The maximum absolute atomic E-state index is 12.4. The van der Waals surface area contributed by atoms with Crippen LogP contribution in [0.2, 0.25) is 0 Å². The Balaban J connectivity index is 1.89. The van der Waals surface area contributed by atoms with Gasteiger partial charge in [0.1, 0.15) is 12.2 Å². The first-order valence-electron chi connectivity index (χ1n) is 8.86. The number of likely N-dealkylation sites (tertiary alicyclic amines) is 1. The average Bonchev–Trinajstić information content (AvgIpc) is 3.06. The largest absolute Gasteiger partial charge is 0.445 e. The van der Waals surface area contributed by atoms with E-state index < -0.39 is 17.8 Å². The van der Waals surface area contributed by atoms with Crippen molar-refractivity contribution in [3.05, 3.63) is 35.9 Å². The van der Waals surface area contributed by atoms with E-state index in [1.165, 1.54) is 4.90 Å². The lowest BCUT2D eigenvalue weighted by atomic mass is 10.2. The summed E-state index contributed by atoms with van der Waals surface area (Å²) in [5.74, 6) is 0. The Morgan fingerprint density at radius 1 is 1.27 bits per heavy atom. The van der Waals surface area contributed by atoms with Gasteiger partial charge in [0.15, 0.2) is 0 Å². The molecule has 1 fully saturated rings. The minimum Gasteiger partial charge on any atom is -0.445 e. The molecule has 0 radical (unpaired) electrons. The number of hydrogen-bond acceptors (Lipinski definition) is 5. The predicted molar refractivity (Wildman–Crippen MR) is 96.6 cm³/mol. The van der Waals surface area contributed by atoms with Gasteiger partial charge in [0, 0.05) is 19.6 Å². The summed E-state index contributed by atoms with van der Waals surface area (Å²) in [6.07, 6.45) is -0.250. The summed E-state index contributed by atoms with van der Waals surface area (Å²) in [5, 5.41) is 9.27. The van der Waals surface area contributed by atoms with Gasteiger partial charge in [-0.05, 0) is 32.8 Å². The van der Waals surface area contributed by atoms with Crippen LogP contribution in [0.5, 0.6) is 0 Å². The summed E-state index contributed by atoms with van der Waals surface area (Å²) < 4.78 is 10.8. The van der Waals surface area contributed by atoms with Gasteiger partial charge in [0.2, 0.25) is 0 Å². The van der Waals surface area contributed by atoms with Gasteiger partial charge in [0.05, 0.1) is 12.6 Å². The molecule has 2 amide bonds. The first kappa shape index (κ1) is 20.0. The fourth-order valence-corrected chi connectivity index (χ4v) is 2.82. The zero-order chi connectivity index (χ0) is 19.2. The van der Waals surface area contributed by atoms with Gasteiger partial charge < -0.3 is 24.4 Å².